The third-order valence-corrected chi connectivity index (χ3v) is 3.97. The molecule has 0 spiro atoms. The Hall–Kier alpha value is -2.42. The Kier molecular flexibility index (Phi) is 5.42. The van der Waals surface area contributed by atoms with Crippen LogP contribution in [0.1, 0.15) is 5.56 Å². The van der Waals surface area contributed by atoms with Gasteiger partial charge in [-0.25, -0.2) is 9.67 Å². The van der Waals surface area contributed by atoms with E-state index in [1.807, 2.05) is 48.7 Å². The van der Waals surface area contributed by atoms with Crippen LogP contribution in [0.2, 0.25) is 0 Å². The summed E-state index contributed by atoms with van der Waals surface area (Å²) in [5, 5.41) is 7.01. The van der Waals surface area contributed by atoms with Gasteiger partial charge in [-0.3, -0.25) is 4.79 Å². The van der Waals surface area contributed by atoms with E-state index in [2.05, 4.69) is 38.0 Å². The van der Waals surface area contributed by atoms with Crippen LogP contribution in [0, 0.1) is 3.57 Å². The average Bonchev–Trinajstić information content (AvgIpc) is 3.14. The highest BCUT2D eigenvalue weighted by Gasteiger charge is 2.08. The van der Waals surface area contributed by atoms with Gasteiger partial charge in [0.2, 0.25) is 0 Å². The minimum absolute atomic E-state index is 0.0298. The summed E-state index contributed by atoms with van der Waals surface area (Å²) >= 11 is 2.22. The lowest BCUT2D eigenvalue weighted by molar-refractivity contribution is -0.123. The van der Waals surface area contributed by atoms with Crippen LogP contribution in [0.25, 0.3) is 5.82 Å². The van der Waals surface area contributed by atoms with Gasteiger partial charge in [0.25, 0.3) is 5.91 Å². The topological polar surface area (TPSA) is 69.0 Å². The molecule has 0 saturated carbocycles. The molecule has 2 aromatic heterocycles. The van der Waals surface area contributed by atoms with Gasteiger partial charge in [-0.2, -0.15) is 5.10 Å². The number of pyridine rings is 1. The Balaban J connectivity index is 1.56. The monoisotopic (exact) mass is 434 g/mol. The standard InChI is InChI=1S/C17H15IN4O2/c18-14-4-6-15(7-5-14)24-12-16(23)20-11-13-3-1-8-19-17(13)22-10-2-9-21-22/h1-10H,11-12H2,(H,20,23). The zero-order valence-corrected chi connectivity index (χ0v) is 14.9. The molecule has 0 unspecified atom stereocenters. The predicted molar refractivity (Wildman–Crippen MR) is 97.9 cm³/mol. The Morgan fingerprint density at radius 3 is 2.75 bits per heavy atom. The largest absolute Gasteiger partial charge is 0.484 e. The zero-order valence-electron chi connectivity index (χ0n) is 12.7. The van der Waals surface area contributed by atoms with Crippen molar-refractivity contribution in [3.8, 4) is 11.6 Å². The number of carbonyl (C=O) groups is 1. The van der Waals surface area contributed by atoms with Crippen molar-refractivity contribution >= 4 is 28.5 Å². The Morgan fingerprint density at radius 2 is 2.00 bits per heavy atom. The van der Waals surface area contributed by atoms with Crippen molar-refractivity contribution in [2.75, 3.05) is 6.61 Å². The third-order valence-electron chi connectivity index (χ3n) is 3.25. The SMILES string of the molecule is O=C(COc1ccc(I)cc1)NCc1cccnc1-n1cccn1. The fraction of sp³-hybridized carbons (Fsp3) is 0.118. The first kappa shape index (κ1) is 16.4. The third kappa shape index (κ3) is 4.31. The highest BCUT2D eigenvalue weighted by molar-refractivity contribution is 14.1. The first-order chi connectivity index (χ1) is 11.7. The van der Waals surface area contributed by atoms with Crippen molar-refractivity contribution in [3.63, 3.8) is 0 Å². The van der Waals surface area contributed by atoms with Gasteiger partial charge in [-0.15, -0.1) is 0 Å². The summed E-state index contributed by atoms with van der Waals surface area (Å²) in [5.41, 5.74) is 0.879. The molecule has 0 atom stereocenters. The average molecular weight is 434 g/mol. The summed E-state index contributed by atoms with van der Waals surface area (Å²) in [4.78, 5) is 16.3. The lowest BCUT2D eigenvalue weighted by Crippen LogP contribution is -2.29. The predicted octanol–water partition coefficient (Wildman–Crippen LogP) is 2.57. The van der Waals surface area contributed by atoms with E-state index in [4.69, 9.17) is 4.74 Å². The minimum Gasteiger partial charge on any atom is -0.484 e. The van der Waals surface area contributed by atoms with Crippen LogP contribution < -0.4 is 10.1 Å². The van der Waals surface area contributed by atoms with Crippen LogP contribution in [0.5, 0.6) is 5.75 Å². The van der Waals surface area contributed by atoms with Gasteiger partial charge in [-0.05, 0) is 59.0 Å². The molecular weight excluding hydrogens is 419 g/mol. The molecule has 0 aliphatic rings. The van der Waals surface area contributed by atoms with E-state index >= 15 is 0 Å². The molecule has 122 valence electrons. The van der Waals surface area contributed by atoms with Crippen molar-refractivity contribution < 1.29 is 9.53 Å². The maximum Gasteiger partial charge on any atom is 0.258 e. The van der Waals surface area contributed by atoms with Gasteiger partial charge in [0.05, 0.1) is 0 Å². The second-order valence-electron chi connectivity index (χ2n) is 4.96. The van der Waals surface area contributed by atoms with Crippen LogP contribution in [0.3, 0.4) is 0 Å². The molecular formula is C17H15IN4O2. The smallest absolute Gasteiger partial charge is 0.258 e. The Labute approximate surface area is 153 Å². The molecule has 1 amide bonds. The molecule has 24 heavy (non-hydrogen) atoms. The van der Waals surface area contributed by atoms with Gasteiger partial charge >= 0.3 is 0 Å². The molecule has 0 aliphatic heterocycles. The van der Waals surface area contributed by atoms with E-state index in [1.54, 1.807) is 17.1 Å². The van der Waals surface area contributed by atoms with E-state index in [1.165, 1.54) is 0 Å². The minimum atomic E-state index is -0.191. The summed E-state index contributed by atoms with van der Waals surface area (Å²) in [5.74, 6) is 1.18. The first-order valence-corrected chi connectivity index (χ1v) is 8.39. The van der Waals surface area contributed by atoms with Crippen molar-refractivity contribution in [2.24, 2.45) is 0 Å². The van der Waals surface area contributed by atoms with E-state index in [-0.39, 0.29) is 12.5 Å². The number of hydrogen-bond acceptors (Lipinski definition) is 4. The first-order valence-electron chi connectivity index (χ1n) is 7.31. The normalized spacial score (nSPS) is 10.4. The molecule has 1 N–H and O–H groups in total. The highest BCUT2D eigenvalue weighted by Crippen LogP contribution is 2.13. The van der Waals surface area contributed by atoms with Crippen LogP contribution in [-0.2, 0) is 11.3 Å². The van der Waals surface area contributed by atoms with Crippen LogP contribution in [0.15, 0.2) is 61.1 Å². The quantitative estimate of drug-likeness (QED) is 0.606. The maximum atomic E-state index is 12.0. The van der Waals surface area contributed by atoms with Gasteiger partial charge < -0.3 is 10.1 Å². The summed E-state index contributed by atoms with van der Waals surface area (Å²) < 4.78 is 8.25. The molecule has 0 fully saturated rings. The van der Waals surface area contributed by atoms with Crippen LogP contribution >= 0.6 is 22.6 Å². The van der Waals surface area contributed by atoms with Gasteiger partial charge in [0.1, 0.15) is 5.75 Å². The number of carbonyl (C=O) groups excluding carboxylic acids is 1. The zero-order chi connectivity index (χ0) is 16.8. The van der Waals surface area contributed by atoms with E-state index in [0.717, 1.165) is 9.13 Å². The Morgan fingerprint density at radius 1 is 1.17 bits per heavy atom. The lowest BCUT2D eigenvalue weighted by Gasteiger charge is -2.10. The molecule has 3 aromatic rings. The van der Waals surface area contributed by atoms with Gasteiger partial charge in [0, 0.05) is 34.3 Å². The fourth-order valence-corrected chi connectivity index (χ4v) is 2.45. The van der Waals surface area contributed by atoms with Crippen molar-refractivity contribution in [3.05, 3.63) is 70.2 Å². The van der Waals surface area contributed by atoms with Crippen LogP contribution in [0.4, 0.5) is 0 Å². The number of amides is 1. The molecule has 7 heteroatoms. The highest BCUT2D eigenvalue weighted by atomic mass is 127. The maximum absolute atomic E-state index is 12.0. The second kappa shape index (κ2) is 7.91. The molecule has 0 saturated heterocycles. The second-order valence-corrected chi connectivity index (χ2v) is 6.20. The van der Waals surface area contributed by atoms with Crippen LogP contribution in [-0.4, -0.2) is 27.3 Å². The number of aromatic nitrogens is 3. The van der Waals surface area contributed by atoms with Crippen molar-refractivity contribution in [1.29, 1.82) is 0 Å². The van der Waals surface area contributed by atoms with E-state index in [9.17, 15) is 4.79 Å². The molecule has 6 nitrogen and oxygen atoms in total. The number of hydrogen-bond donors (Lipinski definition) is 1. The molecule has 0 aliphatic carbocycles. The molecule has 2 heterocycles. The number of benzene rings is 1. The van der Waals surface area contributed by atoms with Gasteiger partial charge in [-0.1, -0.05) is 6.07 Å². The van der Waals surface area contributed by atoms with Crippen molar-refractivity contribution in [2.45, 2.75) is 6.54 Å². The summed E-state index contributed by atoms with van der Waals surface area (Å²) in [6, 6.07) is 13.1. The lowest BCUT2D eigenvalue weighted by atomic mass is 10.2. The van der Waals surface area contributed by atoms with Gasteiger partial charge in [0.15, 0.2) is 12.4 Å². The fourth-order valence-electron chi connectivity index (χ4n) is 2.09. The summed E-state index contributed by atoms with van der Waals surface area (Å²) in [6.07, 6.45) is 5.20. The number of ether oxygens (including phenoxy) is 1. The molecule has 3 rings (SSSR count). The number of rotatable bonds is 6. The van der Waals surface area contributed by atoms with E-state index < -0.39 is 0 Å². The summed E-state index contributed by atoms with van der Waals surface area (Å²) in [7, 11) is 0. The number of halogens is 1. The number of nitrogens with one attached hydrogen (secondary N) is 1. The van der Waals surface area contributed by atoms with E-state index in [0.29, 0.717) is 18.1 Å². The summed E-state index contributed by atoms with van der Waals surface area (Å²) in [6.45, 7) is 0.329. The van der Waals surface area contributed by atoms with Crippen molar-refractivity contribution in [1.82, 2.24) is 20.1 Å². The number of nitrogens with zero attached hydrogens (tertiary/aromatic N) is 3. The molecule has 1 aromatic carbocycles. The molecule has 0 bridgehead atoms. The Bertz CT molecular complexity index is 804. The molecule has 0 radical (unpaired) electrons.